The number of nitrogens with zero attached hydrogens (tertiary/aromatic N) is 2. The Morgan fingerprint density at radius 2 is 1.76 bits per heavy atom. The smallest absolute Gasteiger partial charge is 0.331 e. The zero-order chi connectivity index (χ0) is 18.4. The van der Waals surface area contributed by atoms with Gasteiger partial charge in [0, 0.05) is 0 Å². The lowest BCUT2D eigenvalue weighted by atomic mass is 10.1. The number of benzene rings is 2. The van der Waals surface area contributed by atoms with E-state index >= 15 is 0 Å². The number of hydrogen-bond donors (Lipinski definition) is 2. The molecule has 25 heavy (non-hydrogen) atoms. The molecule has 0 unspecified atom stereocenters. The van der Waals surface area contributed by atoms with Gasteiger partial charge in [0.2, 0.25) is 0 Å². The minimum absolute atomic E-state index is 0.0651. The molecule has 2 rings (SSSR count). The number of hydrazone groups is 1. The summed E-state index contributed by atoms with van der Waals surface area (Å²) in [6.45, 7) is 1.71. The molecule has 0 radical (unpaired) electrons. The number of hydrogen-bond acceptors (Lipinski definition) is 3. The lowest BCUT2D eigenvalue weighted by Crippen LogP contribution is -2.26. The first-order chi connectivity index (χ1) is 11.8. The van der Waals surface area contributed by atoms with Gasteiger partial charge in [-0.05, 0) is 49.0 Å². The van der Waals surface area contributed by atoms with E-state index in [1.54, 1.807) is 31.2 Å². The second kappa shape index (κ2) is 7.77. The Labute approximate surface area is 148 Å². The van der Waals surface area contributed by atoms with Crippen molar-refractivity contribution in [2.45, 2.75) is 13.1 Å². The minimum atomic E-state index is -4.49. The molecule has 0 aromatic heterocycles. The second-order valence-corrected chi connectivity index (χ2v) is 5.40. The van der Waals surface area contributed by atoms with Gasteiger partial charge < -0.3 is 5.32 Å². The first kappa shape index (κ1) is 18.4. The maximum absolute atomic E-state index is 12.9. The summed E-state index contributed by atoms with van der Waals surface area (Å²) in [7, 11) is 0. The number of anilines is 1. The summed E-state index contributed by atoms with van der Waals surface area (Å²) in [6, 6.07) is 13.8. The Hall–Kier alpha value is -2.92. The molecule has 0 saturated carbocycles. The Morgan fingerprint density at radius 1 is 1.12 bits per heavy atom. The third-order valence-electron chi connectivity index (χ3n) is 3.24. The number of para-hydroxylation sites is 1. The van der Waals surface area contributed by atoms with Crippen LogP contribution in [0.3, 0.4) is 0 Å². The quantitative estimate of drug-likeness (QED) is 0.486. The lowest BCUT2D eigenvalue weighted by Gasteiger charge is -2.14. The van der Waals surface area contributed by atoms with Crippen molar-refractivity contribution in [3.05, 3.63) is 65.2 Å². The summed E-state index contributed by atoms with van der Waals surface area (Å²) in [5, 5.41) is 15.2. The van der Waals surface area contributed by atoms with Crippen LogP contribution >= 0.6 is 12.2 Å². The number of nitrogens with one attached hydrogen (secondary N) is 2. The maximum atomic E-state index is 12.9. The highest BCUT2D eigenvalue weighted by Crippen LogP contribution is 2.34. The van der Waals surface area contributed by atoms with Crippen molar-refractivity contribution < 1.29 is 13.2 Å². The van der Waals surface area contributed by atoms with Gasteiger partial charge in [-0.25, -0.2) is 0 Å². The highest BCUT2D eigenvalue weighted by Gasteiger charge is 2.33. The number of thiocarbonyl (C=S) groups is 1. The number of rotatable bonds is 3. The van der Waals surface area contributed by atoms with Gasteiger partial charge in [-0.3, -0.25) is 5.43 Å². The topological polar surface area (TPSA) is 60.2 Å². The van der Waals surface area contributed by atoms with Crippen molar-refractivity contribution in [1.82, 2.24) is 5.43 Å². The average Bonchev–Trinajstić information content (AvgIpc) is 2.59. The average molecular weight is 362 g/mol. The van der Waals surface area contributed by atoms with Gasteiger partial charge in [0.05, 0.1) is 28.6 Å². The third-order valence-corrected chi connectivity index (χ3v) is 3.43. The van der Waals surface area contributed by atoms with E-state index in [9.17, 15) is 13.2 Å². The summed E-state index contributed by atoms with van der Waals surface area (Å²) in [5.41, 5.74) is 3.39. The van der Waals surface area contributed by atoms with Gasteiger partial charge in [-0.15, -0.1) is 0 Å². The SMILES string of the molecule is CC(=NNC(=S)Nc1ccccc1C(F)(F)F)c1ccc(C#N)cc1. The van der Waals surface area contributed by atoms with Crippen LogP contribution in [0.1, 0.15) is 23.6 Å². The van der Waals surface area contributed by atoms with Crippen LogP contribution in [-0.2, 0) is 6.18 Å². The molecule has 0 amide bonds. The summed E-state index contributed by atoms with van der Waals surface area (Å²) >= 11 is 4.99. The molecular formula is C17H13F3N4S. The molecule has 0 bridgehead atoms. The van der Waals surface area contributed by atoms with Gasteiger partial charge in [-0.2, -0.15) is 23.5 Å². The summed E-state index contributed by atoms with van der Waals surface area (Å²) in [6.07, 6.45) is -4.49. The zero-order valence-electron chi connectivity index (χ0n) is 13.1. The van der Waals surface area contributed by atoms with E-state index in [0.717, 1.165) is 11.6 Å². The van der Waals surface area contributed by atoms with E-state index < -0.39 is 11.7 Å². The normalized spacial score (nSPS) is 11.6. The van der Waals surface area contributed by atoms with E-state index in [4.69, 9.17) is 17.5 Å². The van der Waals surface area contributed by atoms with Crippen LogP contribution in [0.5, 0.6) is 0 Å². The van der Waals surface area contributed by atoms with Crippen LogP contribution in [0.15, 0.2) is 53.6 Å². The van der Waals surface area contributed by atoms with Crippen LogP contribution in [-0.4, -0.2) is 10.8 Å². The third kappa shape index (κ3) is 5.02. The van der Waals surface area contributed by atoms with Crippen molar-refractivity contribution >= 4 is 28.7 Å². The van der Waals surface area contributed by atoms with E-state index in [2.05, 4.69) is 15.8 Å². The molecule has 0 fully saturated rings. The number of nitriles is 1. The second-order valence-electron chi connectivity index (χ2n) is 5.00. The van der Waals surface area contributed by atoms with E-state index in [-0.39, 0.29) is 10.8 Å². The van der Waals surface area contributed by atoms with Crippen molar-refractivity contribution in [1.29, 1.82) is 5.26 Å². The van der Waals surface area contributed by atoms with Crippen LogP contribution in [0.25, 0.3) is 0 Å². The van der Waals surface area contributed by atoms with Gasteiger partial charge in [0.25, 0.3) is 0 Å². The molecule has 2 aromatic rings. The molecule has 8 heteroatoms. The van der Waals surface area contributed by atoms with E-state index in [0.29, 0.717) is 11.3 Å². The van der Waals surface area contributed by atoms with Crippen molar-refractivity contribution in [3.63, 3.8) is 0 Å². The molecule has 128 valence electrons. The summed E-state index contributed by atoms with van der Waals surface area (Å²) in [5.74, 6) is 0. The van der Waals surface area contributed by atoms with Gasteiger partial charge >= 0.3 is 6.18 Å². The fourth-order valence-corrected chi connectivity index (χ4v) is 2.13. The predicted molar refractivity (Wildman–Crippen MR) is 94.2 cm³/mol. The Balaban J connectivity index is 2.07. The first-order valence-corrected chi connectivity index (χ1v) is 7.50. The van der Waals surface area contributed by atoms with Crippen LogP contribution in [0.4, 0.5) is 18.9 Å². The molecular weight excluding hydrogens is 349 g/mol. The molecule has 4 nitrogen and oxygen atoms in total. The lowest BCUT2D eigenvalue weighted by molar-refractivity contribution is -0.136. The van der Waals surface area contributed by atoms with Gasteiger partial charge in [0.15, 0.2) is 5.11 Å². The Bertz CT molecular complexity index is 836. The summed E-state index contributed by atoms with van der Waals surface area (Å²) < 4.78 is 38.8. The van der Waals surface area contributed by atoms with Crippen molar-refractivity contribution in [2.24, 2.45) is 5.10 Å². The predicted octanol–water partition coefficient (Wildman–Crippen LogP) is 4.29. The fourth-order valence-electron chi connectivity index (χ4n) is 1.97. The molecule has 0 atom stereocenters. The molecule has 2 aromatic carbocycles. The molecule has 2 N–H and O–H groups in total. The molecule has 0 aliphatic heterocycles. The van der Waals surface area contributed by atoms with Gasteiger partial charge in [0.1, 0.15) is 0 Å². The zero-order valence-corrected chi connectivity index (χ0v) is 13.9. The van der Waals surface area contributed by atoms with Gasteiger partial charge in [-0.1, -0.05) is 24.3 Å². The van der Waals surface area contributed by atoms with Crippen LogP contribution in [0.2, 0.25) is 0 Å². The maximum Gasteiger partial charge on any atom is 0.418 e. The highest BCUT2D eigenvalue weighted by atomic mass is 32.1. The van der Waals surface area contributed by atoms with Crippen molar-refractivity contribution in [3.8, 4) is 6.07 Å². The summed E-state index contributed by atoms with van der Waals surface area (Å²) in [4.78, 5) is 0. The van der Waals surface area contributed by atoms with Crippen LogP contribution < -0.4 is 10.7 Å². The number of halogens is 3. The Morgan fingerprint density at radius 3 is 2.36 bits per heavy atom. The minimum Gasteiger partial charge on any atom is -0.331 e. The number of alkyl halides is 3. The van der Waals surface area contributed by atoms with E-state index in [1.165, 1.54) is 18.2 Å². The molecule has 0 aliphatic rings. The monoisotopic (exact) mass is 362 g/mol. The fraction of sp³-hybridized carbons (Fsp3) is 0.118. The molecule has 0 spiro atoms. The van der Waals surface area contributed by atoms with E-state index in [1.807, 2.05) is 6.07 Å². The molecule has 0 heterocycles. The Kier molecular flexibility index (Phi) is 5.72. The standard InChI is InChI=1S/C17H13F3N4S/c1-11(13-8-6-12(10-21)7-9-13)23-24-16(25)22-15-5-3-2-4-14(15)17(18,19)20/h2-9H,1H3,(H2,22,24,25). The first-order valence-electron chi connectivity index (χ1n) is 7.09. The molecule has 0 saturated heterocycles. The van der Waals surface area contributed by atoms with Crippen molar-refractivity contribution in [2.75, 3.05) is 5.32 Å². The van der Waals surface area contributed by atoms with Crippen LogP contribution in [0, 0.1) is 11.3 Å². The largest absolute Gasteiger partial charge is 0.418 e. The molecule has 0 aliphatic carbocycles. The highest BCUT2D eigenvalue weighted by molar-refractivity contribution is 7.80.